The summed E-state index contributed by atoms with van der Waals surface area (Å²) in [5, 5.41) is 9.21. The van der Waals surface area contributed by atoms with E-state index in [1.807, 2.05) is 0 Å². The molecule has 0 atom stereocenters. The van der Waals surface area contributed by atoms with Crippen molar-refractivity contribution in [2.45, 2.75) is 38.1 Å². The molecule has 1 rings (SSSR count). The number of carbonyl (C=O) groups is 1. The average molecular weight is 354 g/mol. The summed E-state index contributed by atoms with van der Waals surface area (Å²) in [5.41, 5.74) is -2.60. The monoisotopic (exact) mass is 353 g/mol. The van der Waals surface area contributed by atoms with Crippen LogP contribution in [0.25, 0.3) is 0 Å². The van der Waals surface area contributed by atoms with Gasteiger partial charge in [-0.25, -0.2) is 13.1 Å². The fraction of sp³-hybridized carbons (Fsp3) is 0.462. The van der Waals surface area contributed by atoms with Crippen molar-refractivity contribution in [1.82, 2.24) is 4.72 Å². The molecule has 0 fully saturated rings. The number of sulfonamides is 1. The van der Waals surface area contributed by atoms with Crippen LogP contribution >= 0.6 is 23.2 Å². The number of rotatable bonds is 5. The SMILES string of the molecule is CC(C)(NS(=O)(=O)c1c(Cl)cccc1Cl)C(C)(C)C(=O)O. The molecule has 0 radical (unpaired) electrons. The summed E-state index contributed by atoms with van der Waals surface area (Å²) in [6, 6.07) is 4.32. The van der Waals surface area contributed by atoms with Crippen molar-refractivity contribution in [3.63, 3.8) is 0 Å². The quantitative estimate of drug-likeness (QED) is 0.851. The van der Waals surface area contributed by atoms with Gasteiger partial charge < -0.3 is 5.11 Å². The van der Waals surface area contributed by atoms with E-state index in [1.54, 1.807) is 0 Å². The number of aliphatic carboxylic acids is 1. The third-order valence-corrected chi connectivity index (χ3v) is 6.28. The van der Waals surface area contributed by atoms with E-state index in [0.717, 1.165) is 0 Å². The first kappa shape index (κ1) is 18.2. The van der Waals surface area contributed by atoms with Crippen LogP contribution in [-0.2, 0) is 14.8 Å². The van der Waals surface area contributed by atoms with Gasteiger partial charge in [0.05, 0.1) is 15.5 Å². The highest BCUT2D eigenvalue weighted by molar-refractivity contribution is 7.89. The third kappa shape index (κ3) is 3.51. The Bertz CT molecular complexity index is 648. The molecule has 0 spiro atoms. The first-order valence-electron chi connectivity index (χ1n) is 6.04. The molecule has 2 N–H and O–H groups in total. The van der Waals surface area contributed by atoms with E-state index in [9.17, 15) is 18.3 Å². The van der Waals surface area contributed by atoms with E-state index in [1.165, 1.54) is 45.9 Å². The molecule has 0 heterocycles. The number of hydrogen-bond donors (Lipinski definition) is 2. The van der Waals surface area contributed by atoms with Gasteiger partial charge in [0.25, 0.3) is 0 Å². The van der Waals surface area contributed by atoms with Gasteiger partial charge >= 0.3 is 5.97 Å². The molecule has 0 aliphatic heterocycles. The van der Waals surface area contributed by atoms with Gasteiger partial charge in [0.15, 0.2) is 0 Å². The van der Waals surface area contributed by atoms with E-state index in [2.05, 4.69) is 4.72 Å². The summed E-state index contributed by atoms with van der Waals surface area (Å²) >= 11 is 11.8. The molecule has 1 aromatic carbocycles. The lowest BCUT2D eigenvalue weighted by Crippen LogP contribution is -2.56. The average Bonchev–Trinajstić information content (AvgIpc) is 2.25. The van der Waals surface area contributed by atoms with Crippen LogP contribution in [0.4, 0.5) is 0 Å². The Kier molecular flexibility index (Phi) is 5.00. The van der Waals surface area contributed by atoms with Crippen molar-refractivity contribution in [2.24, 2.45) is 5.41 Å². The predicted octanol–water partition coefficient (Wildman–Crippen LogP) is 3.16. The second-order valence-corrected chi connectivity index (χ2v) is 8.15. The van der Waals surface area contributed by atoms with Gasteiger partial charge in [0.1, 0.15) is 4.90 Å². The Balaban J connectivity index is 3.32. The molecule has 0 aliphatic carbocycles. The normalized spacial score (nSPS) is 13.2. The standard InChI is InChI=1S/C13H17Cl2NO4S/c1-12(2,11(17)18)13(3,4)16-21(19,20)10-8(14)6-5-7-9(10)15/h5-7,16H,1-4H3,(H,17,18). The van der Waals surface area contributed by atoms with Gasteiger partial charge in [-0.15, -0.1) is 0 Å². The molecule has 1 aromatic rings. The van der Waals surface area contributed by atoms with Crippen LogP contribution in [-0.4, -0.2) is 25.0 Å². The summed E-state index contributed by atoms with van der Waals surface area (Å²) in [6.07, 6.45) is 0. The van der Waals surface area contributed by atoms with Crippen LogP contribution < -0.4 is 4.72 Å². The highest BCUT2D eigenvalue weighted by Gasteiger charge is 2.46. The first-order valence-corrected chi connectivity index (χ1v) is 8.28. The summed E-state index contributed by atoms with van der Waals surface area (Å²) in [4.78, 5) is 11.1. The Morgan fingerprint density at radius 3 is 1.95 bits per heavy atom. The predicted molar refractivity (Wildman–Crippen MR) is 82.3 cm³/mol. The van der Waals surface area contributed by atoms with Crippen LogP contribution in [0.5, 0.6) is 0 Å². The van der Waals surface area contributed by atoms with Gasteiger partial charge in [-0.1, -0.05) is 29.3 Å². The molecule has 118 valence electrons. The first-order chi connectivity index (χ1) is 9.33. The minimum atomic E-state index is -4.07. The minimum absolute atomic E-state index is 0.0288. The molecular weight excluding hydrogens is 337 g/mol. The van der Waals surface area contributed by atoms with Gasteiger partial charge in [0, 0.05) is 5.54 Å². The highest BCUT2D eigenvalue weighted by atomic mass is 35.5. The van der Waals surface area contributed by atoms with Crippen molar-refractivity contribution >= 4 is 39.2 Å². The lowest BCUT2D eigenvalue weighted by molar-refractivity contribution is -0.150. The fourth-order valence-corrected chi connectivity index (χ4v) is 4.21. The van der Waals surface area contributed by atoms with Gasteiger partial charge in [-0.2, -0.15) is 0 Å². The molecule has 8 heteroatoms. The highest BCUT2D eigenvalue weighted by Crippen LogP contribution is 2.35. The zero-order chi connectivity index (χ0) is 16.6. The maximum absolute atomic E-state index is 12.5. The fourth-order valence-electron chi connectivity index (χ4n) is 1.52. The Morgan fingerprint density at radius 2 is 1.57 bits per heavy atom. The molecule has 0 aliphatic rings. The number of hydrogen-bond acceptors (Lipinski definition) is 3. The molecular formula is C13H17Cl2NO4S. The van der Waals surface area contributed by atoms with E-state index < -0.39 is 26.9 Å². The number of carboxylic acids is 1. The summed E-state index contributed by atoms with van der Waals surface area (Å²) in [7, 11) is -4.07. The van der Waals surface area contributed by atoms with Crippen molar-refractivity contribution in [2.75, 3.05) is 0 Å². The van der Waals surface area contributed by atoms with Crippen LogP contribution in [0, 0.1) is 5.41 Å². The van der Waals surface area contributed by atoms with Gasteiger partial charge in [-0.05, 0) is 39.8 Å². The molecule has 21 heavy (non-hydrogen) atoms. The second kappa shape index (κ2) is 5.76. The zero-order valence-corrected chi connectivity index (χ0v) is 14.4. The summed E-state index contributed by atoms with van der Waals surface area (Å²) in [6.45, 7) is 5.85. The van der Waals surface area contributed by atoms with Crippen molar-refractivity contribution < 1.29 is 18.3 Å². The second-order valence-electron chi connectivity index (χ2n) is 5.71. The van der Waals surface area contributed by atoms with E-state index in [4.69, 9.17) is 23.2 Å². The minimum Gasteiger partial charge on any atom is -0.481 e. The van der Waals surface area contributed by atoms with Crippen LogP contribution in [0.1, 0.15) is 27.7 Å². The van der Waals surface area contributed by atoms with Crippen LogP contribution in [0.15, 0.2) is 23.1 Å². The van der Waals surface area contributed by atoms with Crippen LogP contribution in [0.2, 0.25) is 10.0 Å². The molecule has 5 nitrogen and oxygen atoms in total. The molecule has 0 bridgehead atoms. The molecule has 0 aromatic heterocycles. The Hall–Kier alpha value is -0.820. The Labute approximate surface area is 134 Å². The number of carboxylic acid groups (broad SMARTS) is 1. The maximum Gasteiger partial charge on any atom is 0.310 e. The van der Waals surface area contributed by atoms with Gasteiger partial charge in [-0.3, -0.25) is 4.79 Å². The third-order valence-electron chi connectivity index (χ3n) is 3.67. The molecule has 0 amide bonds. The summed E-state index contributed by atoms with van der Waals surface area (Å²) in [5.74, 6) is -1.12. The molecule has 0 unspecified atom stereocenters. The molecule has 0 saturated heterocycles. The van der Waals surface area contributed by atoms with E-state index >= 15 is 0 Å². The van der Waals surface area contributed by atoms with Gasteiger partial charge in [0.2, 0.25) is 10.0 Å². The largest absolute Gasteiger partial charge is 0.481 e. The van der Waals surface area contributed by atoms with E-state index in [0.29, 0.717) is 0 Å². The van der Waals surface area contributed by atoms with Crippen LogP contribution in [0.3, 0.4) is 0 Å². The molecule has 0 saturated carbocycles. The zero-order valence-electron chi connectivity index (χ0n) is 12.1. The smallest absolute Gasteiger partial charge is 0.310 e. The van der Waals surface area contributed by atoms with E-state index in [-0.39, 0.29) is 14.9 Å². The summed E-state index contributed by atoms with van der Waals surface area (Å²) < 4.78 is 27.3. The lowest BCUT2D eigenvalue weighted by atomic mass is 9.75. The van der Waals surface area contributed by atoms with Crippen molar-refractivity contribution in [3.8, 4) is 0 Å². The number of halogens is 2. The number of benzene rings is 1. The van der Waals surface area contributed by atoms with Crippen molar-refractivity contribution in [1.29, 1.82) is 0 Å². The van der Waals surface area contributed by atoms with Crippen molar-refractivity contribution in [3.05, 3.63) is 28.2 Å². The Morgan fingerprint density at radius 1 is 1.14 bits per heavy atom. The lowest BCUT2D eigenvalue weighted by Gasteiger charge is -2.38. The topological polar surface area (TPSA) is 83.5 Å². The maximum atomic E-state index is 12.5. The number of nitrogens with one attached hydrogen (secondary N) is 1.